The molecule has 0 heterocycles. The van der Waals surface area contributed by atoms with Gasteiger partial charge in [-0.3, -0.25) is 0 Å². The van der Waals surface area contributed by atoms with Gasteiger partial charge < -0.3 is 10.1 Å². The molecule has 1 fully saturated rings. The largest absolute Gasteiger partial charge is 0.380 e. The van der Waals surface area contributed by atoms with Crippen molar-refractivity contribution in [2.24, 2.45) is 11.8 Å². The Labute approximate surface area is 94.8 Å². The molecule has 0 radical (unpaired) electrons. The third-order valence-electron chi connectivity index (χ3n) is 3.81. The fourth-order valence-corrected chi connectivity index (χ4v) is 2.42. The first-order valence-corrected chi connectivity index (χ1v) is 6.49. The monoisotopic (exact) mass is 213 g/mol. The van der Waals surface area contributed by atoms with E-state index in [-0.39, 0.29) is 0 Å². The van der Waals surface area contributed by atoms with Gasteiger partial charge >= 0.3 is 0 Å². The third-order valence-corrected chi connectivity index (χ3v) is 3.81. The van der Waals surface area contributed by atoms with Gasteiger partial charge in [-0.1, -0.05) is 26.2 Å². The van der Waals surface area contributed by atoms with Crippen molar-refractivity contribution in [1.29, 1.82) is 0 Å². The van der Waals surface area contributed by atoms with Crippen LogP contribution in [0.2, 0.25) is 0 Å². The topological polar surface area (TPSA) is 21.3 Å². The van der Waals surface area contributed by atoms with E-state index in [1.807, 2.05) is 0 Å². The number of hydrogen-bond acceptors (Lipinski definition) is 2. The summed E-state index contributed by atoms with van der Waals surface area (Å²) in [5, 5.41) is 3.51. The van der Waals surface area contributed by atoms with Crippen molar-refractivity contribution in [3.05, 3.63) is 0 Å². The molecule has 90 valence electrons. The van der Waals surface area contributed by atoms with Crippen molar-refractivity contribution in [2.45, 2.75) is 52.1 Å². The van der Waals surface area contributed by atoms with Crippen LogP contribution >= 0.6 is 0 Å². The maximum Gasteiger partial charge on any atom is 0.0667 e. The fraction of sp³-hybridized carbons (Fsp3) is 1.00. The molecule has 0 aromatic heterocycles. The van der Waals surface area contributed by atoms with Crippen LogP contribution in [0.3, 0.4) is 0 Å². The summed E-state index contributed by atoms with van der Waals surface area (Å²) in [4.78, 5) is 0. The van der Waals surface area contributed by atoms with Crippen LogP contribution in [0.25, 0.3) is 0 Å². The maximum atomic E-state index is 5.21. The molecule has 2 nitrogen and oxygen atoms in total. The van der Waals surface area contributed by atoms with Crippen LogP contribution in [0.5, 0.6) is 0 Å². The lowest BCUT2D eigenvalue weighted by atomic mass is 9.81. The van der Waals surface area contributed by atoms with E-state index in [2.05, 4.69) is 19.2 Å². The molecule has 0 spiro atoms. The molecular formula is C13H27NO. The zero-order valence-corrected chi connectivity index (χ0v) is 10.6. The predicted octanol–water partition coefficient (Wildman–Crippen LogP) is 2.83. The summed E-state index contributed by atoms with van der Waals surface area (Å²) in [6, 6.07) is 0. The Morgan fingerprint density at radius 3 is 2.33 bits per heavy atom. The standard InChI is InChI=1S/C13H27NO/c1-4-12-5-7-13(8-6-12)10-14-9-11(2)15-3/h11-14H,4-10H2,1-3H3. The summed E-state index contributed by atoms with van der Waals surface area (Å²) in [7, 11) is 1.78. The van der Waals surface area contributed by atoms with Gasteiger partial charge in [0, 0.05) is 13.7 Å². The zero-order chi connectivity index (χ0) is 11.1. The summed E-state index contributed by atoms with van der Waals surface area (Å²) in [5.41, 5.74) is 0. The third kappa shape index (κ3) is 4.98. The van der Waals surface area contributed by atoms with Crippen molar-refractivity contribution in [2.75, 3.05) is 20.2 Å². The molecule has 15 heavy (non-hydrogen) atoms. The Morgan fingerprint density at radius 2 is 1.80 bits per heavy atom. The van der Waals surface area contributed by atoms with Crippen LogP contribution in [-0.2, 0) is 4.74 Å². The van der Waals surface area contributed by atoms with Crippen LogP contribution in [0.1, 0.15) is 46.0 Å². The second-order valence-electron chi connectivity index (χ2n) is 5.00. The molecule has 2 heteroatoms. The first-order valence-electron chi connectivity index (χ1n) is 6.49. The molecule has 1 aliphatic carbocycles. The van der Waals surface area contributed by atoms with Gasteiger partial charge in [-0.2, -0.15) is 0 Å². The van der Waals surface area contributed by atoms with Crippen molar-refractivity contribution < 1.29 is 4.74 Å². The fourth-order valence-electron chi connectivity index (χ4n) is 2.42. The maximum absolute atomic E-state index is 5.21. The van der Waals surface area contributed by atoms with Crippen LogP contribution in [0, 0.1) is 11.8 Å². The molecular weight excluding hydrogens is 186 g/mol. The number of methoxy groups -OCH3 is 1. The Hall–Kier alpha value is -0.0800. The predicted molar refractivity (Wildman–Crippen MR) is 65.1 cm³/mol. The number of rotatable bonds is 6. The van der Waals surface area contributed by atoms with Gasteiger partial charge in [-0.25, -0.2) is 0 Å². The Balaban J connectivity index is 2.03. The van der Waals surface area contributed by atoms with Crippen LogP contribution in [0.4, 0.5) is 0 Å². The highest BCUT2D eigenvalue weighted by Crippen LogP contribution is 2.29. The van der Waals surface area contributed by atoms with E-state index >= 15 is 0 Å². The van der Waals surface area contributed by atoms with Gasteiger partial charge in [0.1, 0.15) is 0 Å². The zero-order valence-electron chi connectivity index (χ0n) is 10.6. The van der Waals surface area contributed by atoms with E-state index in [0.29, 0.717) is 6.10 Å². The van der Waals surface area contributed by atoms with Crippen molar-refractivity contribution in [1.82, 2.24) is 5.32 Å². The van der Waals surface area contributed by atoms with E-state index in [4.69, 9.17) is 4.74 Å². The second kappa shape index (κ2) is 7.24. The van der Waals surface area contributed by atoms with Crippen molar-refractivity contribution in [3.63, 3.8) is 0 Å². The average molecular weight is 213 g/mol. The first kappa shape index (κ1) is 13.0. The number of nitrogens with one attached hydrogen (secondary N) is 1. The Bertz CT molecular complexity index is 153. The Morgan fingerprint density at radius 1 is 1.20 bits per heavy atom. The van der Waals surface area contributed by atoms with E-state index in [9.17, 15) is 0 Å². The lowest BCUT2D eigenvalue weighted by Gasteiger charge is -2.28. The molecule has 0 amide bonds. The minimum atomic E-state index is 0.344. The van der Waals surface area contributed by atoms with Gasteiger partial charge in [0.15, 0.2) is 0 Å². The van der Waals surface area contributed by atoms with Gasteiger partial charge in [0.05, 0.1) is 6.10 Å². The summed E-state index contributed by atoms with van der Waals surface area (Å²) >= 11 is 0. The molecule has 0 aromatic rings. The van der Waals surface area contributed by atoms with Crippen molar-refractivity contribution in [3.8, 4) is 0 Å². The minimum Gasteiger partial charge on any atom is -0.380 e. The summed E-state index contributed by atoms with van der Waals surface area (Å²) < 4.78 is 5.21. The average Bonchev–Trinajstić information content (AvgIpc) is 2.29. The highest BCUT2D eigenvalue weighted by atomic mass is 16.5. The summed E-state index contributed by atoms with van der Waals surface area (Å²) in [5.74, 6) is 1.93. The van der Waals surface area contributed by atoms with Gasteiger partial charge in [0.2, 0.25) is 0 Å². The lowest BCUT2D eigenvalue weighted by Crippen LogP contribution is -2.32. The molecule has 0 aliphatic heterocycles. The van der Waals surface area contributed by atoms with Crippen LogP contribution in [-0.4, -0.2) is 26.3 Å². The molecule has 0 bridgehead atoms. The van der Waals surface area contributed by atoms with E-state index in [1.54, 1.807) is 7.11 Å². The Kier molecular flexibility index (Phi) is 6.26. The number of ether oxygens (including phenoxy) is 1. The molecule has 0 aromatic carbocycles. The van der Waals surface area contributed by atoms with Crippen molar-refractivity contribution >= 4 is 0 Å². The molecule has 1 saturated carbocycles. The second-order valence-corrected chi connectivity index (χ2v) is 5.00. The summed E-state index contributed by atoms with van der Waals surface area (Å²) in [6.45, 7) is 6.61. The van der Waals surface area contributed by atoms with Gasteiger partial charge in [-0.05, 0) is 38.1 Å². The van der Waals surface area contributed by atoms with Gasteiger partial charge in [-0.15, -0.1) is 0 Å². The lowest BCUT2D eigenvalue weighted by molar-refractivity contribution is 0.115. The quantitative estimate of drug-likeness (QED) is 0.732. The normalized spacial score (nSPS) is 29.0. The molecule has 1 unspecified atom stereocenters. The highest BCUT2D eigenvalue weighted by Gasteiger charge is 2.19. The SMILES string of the molecule is CCC1CCC(CNCC(C)OC)CC1. The summed E-state index contributed by atoms with van der Waals surface area (Å²) in [6.07, 6.45) is 7.46. The highest BCUT2D eigenvalue weighted by molar-refractivity contribution is 4.73. The molecule has 0 saturated heterocycles. The number of hydrogen-bond donors (Lipinski definition) is 1. The molecule has 1 aliphatic rings. The minimum absolute atomic E-state index is 0.344. The van der Waals surface area contributed by atoms with Gasteiger partial charge in [0.25, 0.3) is 0 Å². The first-order chi connectivity index (χ1) is 7.26. The molecule has 1 N–H and O–H groups in total. The molecule has 1 atom stereocenters. The van der Waals surface area contributed by atoms with Crippen LogP contribution < -0.4 is 5.32 Å². The van der Waals surface area contributed by atoms with E-state index < -0.39 is 0 Å². The van der Waals surface area contributed by atoms with E-state index in [0.717, 1.165) is 18.4 Å². The molecule has 1 rings (SSSR count). The van der Waals surface area contributed by atoms with Crippen LogP contribution in [0.15, 0.2) is 0 Å². The smallest absolute Gasteiger partial charge is 0.0667 e. The van der Waals surface area contributed by atoms with E-state index in [1.165, 1.54) is 38.6 Å².